The van der Waals surface area contributed by atoms with Gasteiger partial charge in [0.25, 0.3) is 0 Å². The molecular formula is C10H16N2S. The van der Waals surface area contributed by atoms with Gasteiger partial charge in [0.15, 0.2) is 0 Å². The van der Waals surface area contributed by atoms with E-state index in [1.165, 1.54) is 0 Å². The molecule has 0 aromatic carbocycles. The quantitative estimate of drug-likeness (QED) is 0.801. The van der Waals surface area contributed by atoms with Crippen LogP contribution in [0, 0.1) is 6.92 Å². The zero-order valence-electron chi connectivity index (χ0n) is 8.37. The SMILES string of the molecule is CSC(C)CNc1cccc(C)n1. The Bertz CT molecular complexity index is 263. The molecule has 1 N–H and O–H groups in total. The van der Waals surface area contributed by atoms with Gasteiger partial charge < -0.3 is 5.32 Å². The van der Waals surface area contributed by atoms with E-state index in [0.29, 0.717) is 5.25 Å². The van der Waals surface area contributed by atoms with Gasteiger partial charge in [0.1, 0.15) is 5.82 Å². The third-order valence-electron chi connectivity index (χ3n) is 1.86. The Morgan fingerprint density at radius 3 is 2.92 bits per heavy atom. The Hall–Kier alpha value is -0.700. The van der Waals surface area contributed by atoms with E-state index in [9.17, 15) is 0 Å². The fourth-order valence-corrected chi connectivity index (χ4v) is 1.22. The Morgan fingerprint density at radius 1 is 1.54 bits per heavy atom. The number of pyridine rings is 1. The Kier molecular flexibility index (Phi) is 4.09. The molecule has 0 aliphatic heterocycles. The van der Waals surface area contributed by atoms with Crippen LogP contribution in [0.1, 0.15) is 12.6 Å². The number of aryl methyl sites for hydroxylation is 1. The maximum Gasteiger partial charge on any atom is 0.126 e. The summed E-state index contributed by atoms with van der Waals surface area (Å²) >= 11 is 1.86. The Balaban J connectivity index is 2.45. The highest BCUT2D eigenvalue weighted by Gasteiger charge is 1.99. The number of nitrogens with zero attached hydrogens (tertiary/aromatic N) is 1. The molecule has 0 aliphatic carbocycles. The maximum absolute atomic E-state index is 4.36. The number of rotatable bonds is 4. The van der Waals surface area contributed by atoms with Crippen molar-refractivity contribution in [3.63, 3.8) is 0 Å². The molecule has 0 spiro atoms. The lowest BCUT2D eigenvalue weighted by Gasteiger charge is -2.10. The van der Waals surface area contributed by atoms with E-state index in [0.717, 1.165) is 18.1 Å². The maximum atomic E-state index is 4.36. The smallest absolute Gasteiger partial charge is 0.126 e. The fourth-order valence-electron chi connectivity index (χ4n) is 0.973. The first-order valence-electron chi connectivity index (χ1n) is 4.42. The van der Waals surface area contributed by atoms with E-state index < -0.39 is 0 Å². The van der Waals surface area contributed by atoms with Crippen molar-refractivity contribution >= 4 is 17.6 Å². The average molecular weight is 196 g/mol. The molecule has 0 saturated carbocycles. The van der Waals surface area contributed by atoms with Gasteiger partial charge in [-0.15, -0.1) is 0 Å². The van der Waals surface area contributed by atoms with Crippen LogP contribution in [-0.4, -0.2) is 23.0 Å². The first kappa shape index (κ1) is 10.4. The van der Waals surface area contributed by atoms with Gasteiger partial charge in [-0.2, -0.15) is 11.8 Å². The molecule has 0 saturated heterocycles. The van der Waals surface area contributed by atoms with Crippen LogP contribution >= 0.6 is 11.8 Å². The van der Waals surface area contributed by atoms with Crippen molar-refractivity contribution in [3.05, 3.63) is 23.9 Å². The van der Waals surface area contributed by atoms with Crippen molar-refractivity contribution in [1.82, 2.24) is 4.98 Å². The van der Waals surface area contributed by atoms with E-state index in [1.54, 1.807) is 0 Å². The minimum atomic E-state index is 0.627. The van der Waals surface area contributed by atoms with Gasteiger partial charge in [0.2, 0.25) is 0 Å². The third kappa shape index (κ3) is 3.68. The first-order valence-corrected chi connectivity index (χ1v) is 5.71. The second kappa shape index (κ2) is 5.12. The predicted molar refractivity (Wildman–Crippen MR) is 60.4 cm³/mol. The molecule has 13 heavy (non-hydrogen) atoms. The molecule has 1 heterocycles. The number of hydrogen-bond acceptors (Lipinski definition) is 3. The summed E-state index contributed by atoms with van der Waals surface area (Å²) in [5.74, 6) is 0.973. The minimum Gasteiger partial charge on any atom is -0.369 e. The Labute approximate surface area is 84.1 Å². The molecular weight excluding hydrogens is 180 g/mol. The van der Waals surface area contributed by atoms with E-state index >= 15 is 0 Å². The standard InChI is InChI=1S/C10H16N2S/c1-8-5-4-6-10(12-8)11-7-9(2)13-3/h4-6,9H,7H2,1-3H3,(H,11,12). The van der Waals surface area contributed by atoms with Gasteiger partial charge >= 0.3 is 0 Å². The molecule has 72 valence electrons. The van der Waals surface area contributed by atoms with Crippen molar-refractivity contribution in [3.8, 4) is 0 Å². The van der Waals surface area contributed by atoms with Crippen LogP contribution in [0.2, 0.25) is 0 Å². The van der Waals surface area contributed by atoms with Gasteiger partial charge in [-0.1, -0.05) is 13.0 Å². The molecule has 1 rings (SSSR count). The lowest BCUT2D eigenvalue weighted by Crippen LogP contribution is -2.13. The average Bonchev–Trinajstić information content (AvgIpc) is 2.14. The lowest BCUT2D eigenvalue weighted by atomic mass is 10.3. The molecule has 0 amide bonds. The molecule has 1 unspecified atom stereocenters. The van der Waals surface area contributed by atoms with E-state index in [2.05, 4.69) is 23.5 Å². The summed E-state index contributed by atoms with van der Waals surface area (Å²) in [7, 11) is 0. The molecule has 0 fully saturated rings. The van der Waals surface area contributed by atoms with Crippen molar-refractivity contribution in [2.24, 2.45) is 0 Å². The molecule has 1 aromatic rings. The number of nitrogens with one attached hydrogen (secondary N) is 1. The number of thioether (sulfide) groups is 1. The number of hydrogen-bond donors (Lipinski definition) is 1. The van der Waals surface area contributed by atoms with Gasteiger partial charge in [-0.25, -0.2) is 4.98 Å². The minimum absolute atomic E-state index is 0.627. The highest BCUT2D eigenvalue weighted by molar-refractivity contribution is 7.99. The zero-order chi connectivity index (χ0) is 9.68. The Morgan fingerprint density at radius 2 is 2.31 bits per heavy atom. The first-order chi connectivity index (χ1) is 6.22. The second-order valence-electron chi connectivity index (χ2n) is 3.09. The van der Waals surface area contributed by atoms with Crippen LogP contribution in [-0.2, 0) is 0 Å². The van der Waals surface area contributed by atoms with Crippen molar-refractivity contribution in [2.45, 2.75) is 19.1 Å². The van der Waals surface area contributed by atoms with Crippen LogP contribution in [0.3, 0.4) is 0 Å². The van der Waals surface area contributed by atoms with Gasteiger partial charge in [0.05, 0.1) is 0 Å². The van der Waals surface area contributed by atoms with E-state index in [1.807, 2.05) is 36.9 Å². The van der Waals surface area contributed by atoms with E-state index in [4.69, 9.17) is 0 Å². The largest absolute Gasteiger partial charge is 0.369 e. The van der Waals surface area contributed by atoms with Gasteiger partial charge in [-0.3, -0.25) is 0 Å². The fraction of sp³-hybridized carbons (Fsp3) is 0.500. The van der Waals surface area contributed by atoms with Crippen molar-refractivity contribution in [2.75, 3.05) is 18.1 Å². The molecule has 0 aliphatic rings. The van der Waals surface area contributed by atoms with Crippen molar-refractivity contribution < 1.29 is 0 Å². The molecule has 2 nitrogen and oxygen atoms in total. The molecule has 3 heteroatoms. The van der Waals surface area contributed by atoms with Gasteiger partial charge in [0, 0.05) is 17.5 Å². The highest BCUT2D eigenvalue weighted by Crippen LogP contribution is 2.08. The topological polar surface area (TPSA) is 24.9 Å². The van der Waals surface area contributed by atoms with Crippen LogP contribution in [0.5, 0.6) is 0 Å². The number of aromatic nitrogens is 1. The monoisotopic (exact) mass is 196 g/mol. The third-order valence-corrected chi connectivity index (χ3v) is 2.83. The van der Waals surface area contributed by atoms with E-state index in [-0.39, 0.29) is 0 Å². The highest BCUT2D eigenvalue weighted by atomic mass is 32.2. The summed E-state index contributed by atoms with van der Waals surface area (Å²) in [5.41, 5.74) is 1.06. The van der Waals surface area contributed by atoms with Crippen LogP contribution < -0.4 is 5.32 Å². The predicted octanol–water partition coefficient (Wildman–Crippen LogP) is 2.55. The van der Waals surface area contributed by atoms with Gasteiger partial charge in [-0.05, 0) is 25.3 Å². The lowest BCUT2D eigenvalue weighted by molar-refractivity contribution is 0.987. The van der Waals surface area contributed by atoms with Crippen LogP contribution in [0.25, 0.3) is 0 Å². The van der Waals surface area contributed by atoms with Crippen LogP contribution in [0.15, 0.2) is 18.2 Å². The summed E-state index contributed by atoms with van der Waals surface area (Å²) < 4.78 is 0. The molecule has 0 radical (unpaired) electrons. The molecule has 1 atom stereocenters. The normalized spacial score (nSPS) is 12.5. The summed E-state index contributed by atoms with van der Waals surface area (Å²) in [6.07, 6.45) is 2.12. The summed E-state index contributed by atoms with van der Waals surface area (Å²) in [6, 6.07) is 6.03. The summed E-state index contributed by atoms with van der Waals surface area (Å²) in [6.45, 7) is 5.17. The molecule has 1 aromatic heterocycles. The van der Waals surface area contributed by atoms with Crippen LogP contribution in [0.4, 0.5) is 5.82 Å². The van der Waals surface area contributed by atoms with Crippen molar-refractivity contribution in [1.29, 1.82) is 0 Å². The zero-order valence-corrected chi connectivity index (χ0v) is 9.19. The summed E-state index contributed by atoms with van der Waals surface area (Å²) in [5, 5.41) is 3.93. The second-order valence-corrected chi connectivity index (χ2v) is 4.37. The molecule has 0 bridgehead atoms. The summed E-state index contributed by atoms with van der Waals surface area (Å²) in [4.78, 5) is 4.36. The number of anilines is 1.